The van der Waals surface area contributed by atoms with Crippen molar-refractivity contribution in [1.82, 2.24) is 19.5 Å². The fourth-order valence-electron chi connectivity index (χ4n) is 3.60. The van der Waals surface area contributed by atoms with E-state index in [1.165, 1.54) is 9.42 Å². The number of benzene rings is 1. The molecule has 4 rings (SSSR count). The molecule has 1 amide bonds. The van der Waals surface area contributed by atoms with Crippen LogP contribution in [0.2, 0.25) is 0 Å². The fourth-order valence-corrected chi connectivity index (χ4v) is 3.60. The molecule has 3 heterocycles. The van der Waals surface area contributed by atoms with E-state index in [-0.39, 0.29) is 11.5 Å². The van der Waals surface area contributed by atoms with Gasteiger partial charge in [-0.05, 0) is 31.0 Å². The molecule has 0 atom stereocenters. The van der Waals surface area contributed by atoms with Gasteiger partial charge in [0.2, 0.25) is 0 Å². The summed E-state index contributed by atoms with van der Waals surface area (Å²) in [5.41, 5.74) is 2.02. The number of nitrogens with one attached hydrogen (secondary N) is 1. The molecule has 1 saturated heterocycles. The van der Waals surface area contributed by atoms with Crippen molar-refractivity contribution in [1.29, 1.82) is 5.26 Å². The number of terminal acetylenes is 1. The molecule has 2 aromatic heterocycles. The van der Waals surface area contributed by atoms with E-state index in [0.29, 0.717) is 59.3 Å². The lowest BCUT2D eigenvalue weighted by Crippen LogP contribution is -2.37. The lowest BCUT2D eigenvalue weighted by molar-refractivity contribution is 0.131. The number of rotatable bonds is 1. The summed E-state index contributed by atoms with van der Waals surface area (Å²) < 4.78 is 1.21. The Bertz CT molecular complexity index is 1220. The maximum Gasteiger partial charge on any atom is 0.407 e. The van der Waals surface area contributed by atoms with Crippen LogP contribution in [-0.4, -0.2) is 43.8 Å². The lowest BCUT2D eigenvalue weighted by Gasteiger charge is -2.29. The van der Waals surface area contributed by atoms with E-state index in [4.69, 9.17) is 11.5 Å². The summed E-state index contributed by atoms with van der Waals surface area (Å²) in [4.78, 5) is 28.4. The van der Waals surface area contributed by atoms with Gasteiger partial charge in [0.05, 0.1) is 16.6 Å². The second kappa shape index (κ2) is 6.19. The normalized spacial score (nSPS) is 15.0. The molecular weight excluding hydrogens is 346 g/mol. The standard InChI is InChI=1S/C19H15N5O3/c1-2-11-3-4-15-13(9-11)18(25)24-17(21-15)14(10-20)16(22-24)12-5-7-23(8-6-12)19(26)27/h1,3-4,9,12,21H,5-8H2,(H,26,27). The lowest BCUT2D eigenvalue weighted by atomic mass is 9.91. The number of carboxylic acid groups (broad SMARTS) is 1. The number of nitriles is 1. The van der Waals surface area contributed by atoms with E-state index in [2.05, 4.69) is 22.1 Å². The van der Waals surface area contributed by atoms with Gasteiger partial charge in [-0.1, -0.05) is 5.92 Å². The average molecular weight is 361 g/mol. The number of H-pyrrole nitrogens is 1. The third-order valence-corrected chi connectivity index (χ3v) is 5.04. The van der Waals surface area contributed by atoms with Gasteiger partial charge in [-0.3, -0.25) is 4.79 Å². The minimum Gasteiger partial charge on any atom is -0.465 e. The first-order chi connectivity index (χ1) is 13.0. The SMILES string of the molecule is C#Cc1ccc2[nH]c3c(C#N)c(C4CCN(C(=O)O)CC4)nn3c(=O)c2c1. The third-order valence-electron chi connectivity index (χ3n) is 5.04. The highest BCUT2D eigenvalue weighted by Gasteiger charge is 2.29. The van der Waals surface area contributed by atoms with Crippen molar-refractivity contribution < 1.29 is 9.90 Å². The first-order valence-electron chi connectivity index (χ1n) is 8.46. The van der Waals surface area contributed by atoms with Gasteiger partial charge in [0.1, 0.15) is 11.6 Å². The van der Waals surface area contributed by atoms with Gasteiger partial charge in [0.25, 0.3) is 5.56 Å². The highest BCUT2D eigenvalue weighted by Crippen LogP contribution is 2.30. The van der Waals surface area contributed by atoms with Gasteiger partial charge in [0, 0.05) is 24.6 Å². The van der Waals surface area contributed by atoms with Crippen LogP contribution in [-0.2, 0) is 0 Å². The van der Waals surface area contributed by atoms with Crippen LogP contribution < -0.4 is 5.56 Å². The summed E-state index contributed by atoms with van der Waals surface area (Å²) in [5.74, 6) is 2.42. The fraction of sp³-hybridized carbons (Fsp3) is 0.263. The molecule has 1 fully saturated rings. The summed E-state index contributed by atoms with van der Waals surface area (Å²) in [6.07, 6.45) is 5.57. The van der Waals surface area contributed by atoms with Crippen molar-refractivity contribution >= 4 is 22.6 Å². The second-order valence-corrected chi connectivity index (χ2v) is 6.51. The van der Waals surface area contributed by atoms with Crippen LogP contribution in [0.5, 0.6) is 0 Å². The van der Waals surface area contributed by atoms with Crippen molar-refractivity contribution in [3.05, 3.63) is 45.4 Å². The largest absolute Gasteiger partial charge is 0.465 e. The molecule has 0 spiro atoms. The molecule has 1 aliphatic heterocycles. The number of aromatic nitrogens is 3. The number of amides is 1. The molecule has 0 saturated carbocycles. The number of likely N-dealkylation sites (tertiary alicyclic amines) is 1. The van der Waals surface area contributed by atoms with Crippen molar-refractivity contribution in [2.24, 2.45) is 0 Å². The van der Waals surface area contributed by atoms with Crippen molar-refractivity contribution in [3.63, 3.8) is 0 Å². The number of carbonyl (C=O) groups is 1. The summed E-state index contributed by atoms with van der Waals surface area (Å²) in [6.45, 7) is 0.750. The van der Waals surface area contributed by atoms with Crippen LogP contribution in [0.15, 0.2) is 23.0 Å². The van der Waals surface area contributed by atoms with Crippen molar-refractivity contribution in [2.45, 2.75) is 18.8 Å². The predicted octanol–water partition coefficient (Wildman–Crippen LogP) is 1.89. The summed E-state index contributed by atoms with van der Waals surface area (Å²) in [6, 6.07) is 7.20. The molecule has 1 aliphatic rings. The monoisotopic (exact) mass is 361 g/mol. The number of hydrogen-bond donors (Lipinski definition) is 2. The zero-order valence-electron chi connectivity index (χ0n) is 14.3. The smallest absolute Gasteiger partial charge is 0.407 e. The molecule has 134 valence electrons. The Labute approximate surface area is 153 Å². The van der Waals surface area contributed by atoms with Crippen LogP contribution in [0.25, 0.3) is 16.6 Å². The Hall–Kier alpha value is -3.78. The zero-order chi connectivity index (χ0) is 19.1. The average Bonchev–Trinajstić information content (AvgIpc) is 3.06. The minimum absolute atomic E-state index is 0.0765. The molecule has 0 bridgehead atoms. The first-order valence-corrected chi connectivity index (χ1v) is 8.46. The molecule has 8 nitrogen and oxygen atoms in total. The third kappa shape index (κ3) is 2.59. The maximum atomic E-state index is 12.9. The van der Waals surface area contributed by atoms with E-state index in [9.17, 15) is 14.9 Å². The second-order valence-electron chi connectivity index (χ2n) is 6.51. The predicted molar refractivity (Wildman–Crippen MR) is 97.5 cm³/mol. The van der Waals surface area contributed by atoms with E-state index in [1.54, 1.807) is 18.2 Å². The number of nitrogens with zero attached hydrogens (tertiary/aromatic N) is 4. The number of hydrogen-bond acceptors (Lipinski definition) is 4. The Balaban J connectivity index is 1.86. The van der Waals surface area contributed by atoms with Gasteiger partial charge in [0.15, 0.2) is 5.65 Å². The highest BCUT2D eigenvalue weighted by molar-refractivity contribution is 5.82. The Morgan fingerprint density at radius 2 is 2.11 bits per heavy atom. The Morgan fingerprint density at radius 3 is 2.74 bits per heavy atom. The van der Waals surface area contributed by atoms with Crippen molar-refractivity contribution in [3.8, 4) is 18.4 Å². The van der Waals surface area contributed by atoms with Crippen molar-refractivity contribution in [2.75, 3.05) is 13.1 Å². The Kier molecular flexibility index (Phi) is 3.82. The molecule has 0 unspecified atom stereocenters. The minimum atomic E-state index is -0.949. The van der Waals surface area contributed by atoms with Crippen LogP contribution in [0.4, 0.5) is 4.79 Å². The number of fused-ring (bicyclic) bond motifs is 2. The number of aromatic amines is 1. The molecule has 1 aromatic carbocycles. The van der Waals surface area contributed by atoms with E-state index in [1.807, 2.05) is 0 Å². The van der Waals surface area contributed by atoms with Gasteiger partial charge in [-0.25, -0.2) is 4.79 Å². The van der Waals surface area contributed by atoms with Crippen LogP contribution in [0.1, 0.15) is 35.6 Å². The van der Waals surface area contributed by atoms with Crippen LogP contribution in [0.3, 0.4) is 0 Å². The van der Waals surface area contributed by atoms with E-state index in [0.717, 1.165) is 0 Å². The number of piperidine rings is 1. The van der Waals surface area contributed by atoms with Crippen LogP contribution >= 0.6 is 0 Å². The first kappa shape index (κ1) is 16.7. The van der Waals surface area contributed by atoms with Gasteiger partial charge in [-0.2, -0.15) is 14.9 Å². The van der Waals surface area contributed by atoms with Gasteiger partial charge in [-0.15, -0.1) is 6.42 Å². The van der Waals surface area contributed by atoms with Crippen LogP contribution in [0, 0.1) is 23.7 Å². The van der Waals surface area contributed by atoms with E-state index >= 15 is 0 Å². The molecular formula is C19H15N5O3. The topological polar surface area (TPSA) is 114 Å². The Morgan fingerprint density at radius 1 is 1.37 bits per heavy atom. The summed E-state index contributed by atoms with van der Waals surface area (Å²) in [5, 5.41) is 23.6. The highest BCUT2D eigenvalue weighted by atomic mass is 16.4. The quantitative estimate of drug-likeness (QED) is 0.642. The molecule has 0 aliphatic carbocycles. The van der Waals surface area contributed by atoms with Gasteiger partial charge < -0.3 is 15.0 Å². The molecule has 2 N–H and O–H groups in total. The molecule has 8 heteroatoms. The molecule has 27 heavy (non-hydrogen) atoms. The van der Waals surface area contributed by atoms with Gasteiger partial charge >= 0.3 is 6.09 Å². The summed E-state index contributed by atoms with van der Waals surface area (Å²) >= 11 is 0. The maximum absolute atomic E-state index is 12.9. The molecule has 0 radical (unpaired) electrons. The molecule has 3 aromatic rings. The van der Waals surface area contributed by atoms with E-state index < -0.39 is 6.09 Å². The summed E-state index contributed by atoms with van der Waals surface area (Å²) in [7, 11) is 0. The zero-order valence-corrected chi connectivity index (χ0v) is 14.3.